The van der Waals surface area contributed by atoms with Crippen LogP contribution in [0.5, 0.6) is 0 Å². The number of guanidine groups is 1. The molecule has 2 aliphatic rings. The molecule has 2 fully saturated rings. The second-order valence-electron chi connectivity index (χ2n) is 7.25. The molecule has 0 aromatic heterocycles. The molecular formula is C20H32N4. The molecule has 24 heavy (non-hydrogen) atoms. The molecule has 4 nitrogen and oxygen atoms in total. The Hall–Kier alpha value is -1.55. The van der Waals surface area contributed by atoms with Crippen LogP contribution >= 0.6 is 0 Å². The van der Waals surface area contributed by atoms with E-state index >= 15 is 0 Å². The first-order valence-corrected chi connectivity index (χ1v) is 9.54. The van der Waals surface area contributed by atoms with Crippen molar-refractivity contribution in [3.05, 3.63) is 35.4 Å². The Morgan fingerprint density at radius 2 is 1.79 bits per heavy atom. The van der Waals surface area contributed by atoms with Crippen LogP contribution in [0.1, 0.15) is 55.7 Å². The molecule has 0 amide bonds. The number of hydrogen-bond acceptors (Lipinski definition) is 2. The van der Waals surface area contributed by atoms with Gasteiger partial charge in [0, 0.05) is 19.6 Å². The highest BCUT2D eigenvalue weighted by molar-refractivity contribution is 5.80. The molecule has 1 aliphatic carbocycles. The minimum atomic E-state index is 0.426. The lowest BCUT2D eigenvalue weighted by molar-refractivity contribution is 0.245. The molecule has 132 valence electrons. The van der Waals surface area contributed by atoms with E-state index < -0.39 is 0 Å². The van der Waals surface area contributed by atoms with Gasteiger partial charge in [-0.1, -0.05) is 42.7 Å². The zero-order valence-electron chi connectivity index (χ0n) is 15.2. The van der Waals surface area contributed by atoms with Gasteiger partial charge in [0.2, 0.25) is 0 Å². The largest absolute Gasteiger partial charge is 0.354 e. The summed E-state index contributed by atoms with van der Waals surface area (Å²) < 4.78 is 0. The highest BCUT2D eigenvalue weighted by Crippen LogP contribution is 2.25. The van der Waals surface area contributed by atoms with Gasteiger partial charge in [-0.25, -0.2) is 0 Å². The maximum Gasteiger partial charge on any atom is 0.191 e. The van der Waals surface area contributed by atoms with Crippen molar-refractivity contribution in [2.45, 2.75) is 57.5 Å². The minimum absolute atomic E-state index is 0.426. The standard InChI is InChI=1S/C20H32N4/c1-16-9-11-17(12-10-16)19(24-13-5-6-14-24)15-22-20(21-2)23-18-7-3-4-8-18/h9-12,18-19H,3-8,13-15H2,1-2H3,(H2,21,22,23). The summed E-state index contributed by atoms with van der Waals surface area (Å²) in [6, 6.07) is 10.0. The number of rotatable bonds is 5. The highest BCUT2D eigenvalue weighted by atomic mass is 15.2. The fourth-order valence-electron chi connectivity index (χ4n) is 3.95. The van der Waals surface area contributed by atoms with E-state index in [0.29, 0.717) is 12.1 Å². The predicted octanol–water partition coefficient (Wildman–Crippen LogP) is 3.24. The van der Waals surface area contributed by atoms with Crippen LogP contribution in [0.25, 0.3) is 0 Å². The van der Waals surface area contributed by atoms with Crippen LogP contribution in [0.2, 0.25) is 0 Å². The normalized spacial score (nSPS) is 21.2. The molecule has 0 radical (unpaired) electrons. The Bertz CT molecular complexity index is 525. The lowest BCUT2D eigenvalue weighted by atomic mass is 10.0. The lowest BCUT2D eigenvalue weighted by Gasteiger charge is -2.29. The molecule has 4 heteroatoms. The Morgan fingerprint density at radius 3 is 2.42 bits per heavy atom. The molecule has 1 unspecified atom stereocenters. The summed E-state index contributed by atoms with van der Waals surface area (Å²) in [6.07, 6.45) is 7.86. The molecular weight excluding hydrogens is 296 g/mol. The maximum atomic E-state index is 4.43. The fraction of sp³-hybridized carbons (Fsp3) is 0.650. The van der Waals surface area contributed by atoms with Crippen molar-refractivity contribution < 1.29 is 0 Å². The van der Waals surface area contributed by atoms with Gasteiger partial charge in [0.1, 0.15) is 0 Å². The van der Waals surface area contributed by atoms with Crippen LogP contribution < -0.4 is 10.6 Å². The third-order valence-corrected chi connectivity index (χ3v) is 5.43. The van der Waals surface area contributed by atoms with Crippen molar-refractivity contribution in [3.63, 3.8) is 0 Å². The second-order valence-corrected chi connectivity index (χ2v) is 7.25. The van der Waals surface area contributed by atoms with Crippen molar-refractivity contribution in [1.29, 1.82) is 0 Å². The van der Waals surface area contributed by atoms with Crippen molar-refractivity contribution in [2.75, 3.05) is 26.7 Å². The maximum absolute atomic E-state index is 4.43. The second kappa shape index (κ2) is 8.52. The van der Waals surface area contributed by atoms with Gasteiger partial charge < -0.3 is 10.6 Å². The van der Waals surface area contributed by atoms with Gasteiger partial charge in [0.25, 0.3) is 0 Å². The molecule has 2 N–H and O–H groups in total. The van der Waals surface area contributed by atoms with Crippen LogP contribution in [-0.2, 0) is 0 Å². The monoisotopic (exact) mass is 328 g/mol. The van der Waals surface area contributed by atoms with Crippen molar-refractivity contribution in [2.24, 2.45) is 4.99 Å². The highest BCUT2D eigenvalue weighted by Gasteiger charge is 2.24. The zero-order valence-corrected chi connectivity index (χ0v) is 15.2. The van der Waals surface area contributed by atoms with E-state index in [4.69, 9.17) is 0 Å². The number of nitrogens with zero attached hydrogens (tertiary/aromatic N) is 2. The first-order chi connectivity index (χ1) is 11.8. The van der Waals surface area contributed by atoms with E-state index in [2.05, 4.69) is 51.7 Å². The van der Waals surface area contributed by atoms with Crippen LogP contribution in [0.15, 0.2) is 29.3 Å². The van der Waals surface area contributed by atoms with E-state index in [1.54, 1.807) is 0 Å². The number of nitrogens with one attached hydrogen (secondary N) is 2. The SMILES string of the molecule is CN=C(NCC(c1ccc(C)cc1)N1CCCC1)NC1CCCC1. The smallest absolute Gasteiger partial charge is 0.191 e. The molecule has 1 saturated heterocycles. The lowest BCUT2D eigenvalue weighted by Crippen LogP contribution is -2.45. The fourth-order valence-corrected chi connectivity index (χ4v) is 3.95. The third-order valence-electron chi connectivity index (χ3n) is 5.43. The summed E-state index contributed by atoms with van der Waals surface area (Å²) in [7, 11) is 1.88. The Balaban J connectivity index is 1.63. The third kappa shape index (κ3) is 4.50. The molecule has 3 rings (SSSR count). The zero-order chi connectivity index (χ0) is 16.8. The minimum Gasteiger partial charge on any atom is -0.354 e. The molecule has 1 atom stereocenters. The predicted molar refractivity (Wildman–Crippen MR) is 101 cm³/mol. The first kappa shape index (κ1) is 17.3. The van der Waals surface area contributed by atoms with Gasteiger partial charge in [-0.05, 0) is 51.3 Å². The van der Waals surface area contributed by atoms with Crippen molar-refractivity contribution in [3.8, 4) is 0 Å². The topological polar surface area (TPSA) is 39.7 Å². The number of hydrogen-bond donors (Lipinski definition) is 2. The summed E-state index contributed by atoms with van der Waals surface area (Å²) >= 11 is 0. The average Bonchev–Trinajstić information content (AvgIpc) is 3.29. The first-order valence-electron chi connectivity index (χ1n) is 9.54. The van der Waals surface area contributed by atoms with Gasteiger partial charge in [-0.2, -0.15) is 0 Å². The molecule has 1 aromatic carbocycles. The van der Waals surface area contributed by atoms with Crippen molar-refractivity contribution >= 4 is 5.96 Å². The van der Waals surface area contributed by atoms with E-state index in [9.17, 15) is 0 Å². The number of aliphatic imine (C=N–C) groups is 1. The van der Waals surface area contributed by atoms with Crippen molar-refractivity contribution in [1.82, 2.24) is 15.5 Å². The Morgan fingerprint density at radius 1 is 1.12 bits per heavy atom. The quantitative estimate of drug-likeness (QED) is 0.644. The summed E-state index contributed by atoms with van der Waals surface area (Å²) in [4.78, 5) is 7.05. The van der Waals surface area contributed by atoms with Crippen LogP contribution in [0.3, 0.4) is 0 Å². The molecule has 1 aromatic rings. The van der Waals surface area contributed by atoms with Gasteiger partial charge in [-0.3, -0.25) is 9.89 Å². The van der Waals surface area contributed by atoms with Crippen LogP contribution in [0.4, 0.5) is 0 Å². The van der Waals surface area contributed by atoms with Gasteiger partial charge in [0.05, 0.1) is 6.04 Å². The van der Waals surface area contributed by atoms with Gasteiger partial charge in [-0.15, -0.1) is 0 Å². The number of benzene rings is 1. The van der Waals surface area contributed by atoms with Crippen LogP contribution in [0, 0.1) is 6.92 Å². The van der Waals surface area contributed by atoms with E-state index in [1.165, 1.54) is 62.7 Å². The molecule has 0 bridgehead atoms. The number of aryl methyl sites for hydroxylation is 1. The summed E-state index contributed by atoms with van der Waals surface area (Å²) in [5, 5.41) is 7.18. The van der Waals surface area contributed by atoms with Gasteiger partial charge in [0.15, 0.2) is 5.96 Å². The summed E-state index contributed by atoms with van der Waals surface area (Å²) in [6.45, 7) is 5.47. The Labute approximate surface area is 146 Å². The van der Waals surface area contributed by atoms with E-state index in [1.807, 2.05) is 7.05 Å². The van der Waals surface area contributed by atoms with Gasteiger partial charge >= 0.3 is 0 Å². The average molecular weight is 329 g/mol. The molecule has 0 spiro atoms. The molecule has 1 saturated carbocycles. The summed E-state index contributed by atoms with van der Waals surface area (Å²) in [5.41, 5.74) is 2.73. The molecule has 1 aliphatic heterocycles. The summed E-state index contributed by atoms with van der Waals surface area (Å²) in [5.74, 6) is 0.957. The Kier molecular flexibility index (Phi) is 6.13. The molecule has 1 heterocycles. The number of likely N-dealkylation sites (tertiary alicyclic amines) is 1. The van der Waals surface area contributed by atoms with Crippen LogP contribution in [-0.4, -0.2) is 43.6 Å². The van der Waals surface area contributed by atoms with E-state index in [-0.39, 0.29) is 0 Å². The van der Waals surface area contributed by atoms with E-state index in [0.717, 1.165) is 12.5 Å².